The lowest BCUT2D eigenvalue weighted by molar-refractivity contribution is 0.586. The van der Waals surface area contributed by atoms with Gasteiger partial charge in [-0.05, 0) is 90.6 Å². The molecule has 0 saturated carbocycles. The molecule has 0 unspecified atom stereocenters. The molecule has 4 heteroatoms. The molecule has 0 atom stereocenters. The highest BCUT2D eigenvalue weighted by molar-refractivity contribution is 6.30. The summed E-state index contributed by atoms with van der Waals surface area (Å²) in [4.78, 5) is 0. The van der Waals surface area contributed by atoms with Gasteiger partial charge >= 0.3 is 0 Å². The first-order valence-corrected chi connectivity index (χ1v) is 11.4. The zero-order chi connectivity index (χ0) is 23.4. The summed E-state index contributed by atoms with van der Waals surface area (Å²) in [6.07, 6.45) is 6.41. The van der Waals surface area contributed by atoms with Gasteiger partial charge in [-0.3, -0.25) is 0 Å². The van der Waals surface area contributed by atoms with E-state index in [1.807, 2.05) is 43.3 Å². The van der Waals surface area contributed by atoms with Crippen molar-refractivity contribution in [2.75, 3.05) is 0 Å². The van der Waals surface area contributed by atoms with Crippen LogP contribution in [-0.2, 0) is 19.3 Å². The average Bonchev–Trinajstić information content (AvgIpc) is 2.79. The Balaban J connectivity index is 1.60. The van der Waals surface area contributed by atoms with E-state index in [9.17, 15) is 8.78 Å². The fraction of sp³-hybridized carbons (Fsp3) is 0.172. The Kier molecular flexibility index (Phi) is 7.20. The summed E-state index contributed by atoms with van der Waals surface area (Å²) >= 11 is 5.92. The minimum Gasteiger partial charge on any atom is -0.206 e. The van der Waals surface area contributed by atoms with Gasteiger partial charge in [-0.1, -0.05) is 60.2 Å². The fourth-order valence-corrected chi connectivity index (χ4v) is 4.20. The summed E-state index contributed by atoms with van der Waals surface area (Å²) in [5.41, 5.74) is 2.61. The minimum absolute atomic E-state index is 0.0843. The van der Waals surface area contributed by atoms with Crippen LogP contribution in [0.5, 0.6) is 0 Å². The van der Waals surface area contributed by atoms with Crippen LogP contribution in [0.1, 0.15) is 30.0 Å². The van der Waals surface area contributed by atoms with Gasteiger partial charge in [0.1, 0.15) is 17.5 Å². The van der Waals surface area contributed by atoms with E-state index in [4.69, 9.17) is 11.6 Å². The summed E-state index contributed by atoms with van der Waals surface area (Å²) in [5.74, 6) is -1.51. The number of hydrogen-bond acceptors (Lipinski definition) is 0. The van der Waals surface area contributed by atoms with E-state index in [0.717, 1.165) is 12.0 Å². The van der Waals surface area contributed by atoms with Crippen LogP contribution < -0.4 is 0 Å². The lowest BCUT2D eigenvalue weighted by Crippen LogP contribution is -1.97. The highest BCUT2D eigenvalue weighted by atomic mass is 35.5. The molecule has 33 heavy (non-hydrogen) atoms. The summed E-state index contributed by atoms with van der Waals surface area (Å²) in [6.45, 7) is 1.91. The predicted molar refractivity (Wildman–Crippen MR) is 131 cm³/mol. The average molecular weight is 465 g/mol. The van der Waals surface area contributed by atoms with Crippen molar-refractivity contribution >= 4 is 22.4 Å². The van der Waals surface area contributed by atoms with Crippen LogP contribution in [0.15, 0.2) is 78.9 Å². The SMILES string of the molecule is C/C=C/CCc1cc(F)c(-c2ccc3c(F)c(CCc4ccc(Cl)cc4)ccc3c2)c(F)c1. The normalized spacial score (nSPS) is 11.5. The molecule has 0 aromatic heterocycles. The molecule has 168 valence electrons. The summed E-state index contributed by atoms with van der Waals surface area (Å²) in [6, 6.07) is 18.6. The number of aryl methyl sites for hydroxylation is 3. The molecule has 0 aliphatic rings. The van der Waals surface area contributed by atoms with Crippen LogP contribution in [-0.4, -0.2) is 0 Å². The largest absolute Gasteiger partial charge is 0.206 e. The topological polar surface area (TPSA) is 0 Å². The maximum atomic E-state index is 15.2. The van der Waals surface area contributed by atoms with Crippen LogP contribution in [0.3, 0.4) is 0 Å². The van der Waals surface area contributed by atoms with Crippen molar-refractivity contribution < 1.29 is 13.2 Å². The Bertz CT molecular complexity index is 1280. The molecule has 0 amide bonds. The molecule has 0 heterocycles. The van der Waals surface area contributed by atoms with Gasteiger partial charge in [-0.25, -0.2) is 13.2 Å². The van der Waals surface area contributed by atoms with Crippen LogP contribution in [0.4, 0.5) is 13.2 Å². The number of hydrogen-bond donors (Lipinski definition) is 0. The first-order chi connectivity index (χ1) is 16.0. The van der Waals surface area contributed by atoms with Crippen molar-refractivity contribution in [3.63, 3.8) is 0 Å². The molecular weight excluding hydrogens is 441 g/mol. The van der Waals surface area contributed by atoms with E-state index in [2.05, 4.69) is 0 Å². The Labute approximate surface area is 197 Å². The summed E-state index contributed by atoms with van der Waals surface area (Å²) in [7, 11) is 0. The minimum atomic E-state index is -0.607. The van der Waals surface area contributed by atoms with Gasteiger partial charge < -0.3 is 0 Å². The third-order valence-electron chi connectivity index (χ3n) is 5.86. The van der Waals surface area contributed by atoms with Crippen molar-refractivity contribution in [1.29, 1.82) is 0 Å². The molecule has 0 nitrogen and oxygen atoms in total. The number of halogens is 4. The lowest BCUT2D eigenvalue weighted by atomic mass is 9.96. The van der Waals surface area contributed by atoms with E-state index in [0.29, 0.717) is 51.7 Å². The lowest BCUT2D eigenvalue weighted by Gasteiger charge is -2.11. The zero-order valence-electron chi connectivity index (χ0n) is 18.3. The molecule has 4 aromatic rings. The Hall–Kier alpha value is -3.04. The number of allylic oxidation sites excluding steroid dienone is 2. The van der Waals surface area contributed by atoms with Crippen LogP contribution >= 0.6 is 11.6 Å². The quantitative estimate of drug-likeness (QED) is 0.239. The van der Waals surface area contributed by atoms with E-state index in [1.165, 1.54) is 12.1 Å². The first-order valence-electron chi connectivity index (χ1n) is 11.0. The van der Waals surface area contributed by atoms with Crippen LogP contribution in [0.25, 0.3) is 21.9 Å². The number of rotatable bonds is 7. The molecule has 4 aromatic carbocycles. The highest BCUT2D eigenvalue weighted by Gasteiger charge is 2.15. The molecule has 0 bridgehead atoms. The van der Waals surface area contributed by atoms with Gasteiger partial charge in [0.05, 0.1) is 5.56 Å². The van der Waals surface area contributed by atoms with Gasteiger partial charge in [0.2, 0.25) is 0 Å². The van der Waals surface area contributed by atoms with Crippen molar-refractivity contribution in [3.8, 4) is 11.1 Å². The Morgan fingerprint density at radius 1 is 0.758 bits per heavy atom. The number of benzene rings is 4. The Morgan fingerprint density at radius 2 is 1.48 bits per heavy atom. The zero-order valence-corrected chi connectivity index (χ0v) is 19.1. The molecule has 0 N–H and O–H groups in total. The van der Waals surface area contributed by atoms with Gasteiger partial charge in [-0.2, -0.15) is 0 Å². The second-order valence-corrected chi connectivity index (χ2v) is 8.58. The maximum Gasteiger partial charge on any atom is 0.134 e. The van der Waals surface area contributed by atoms with Crippen molar-refractivity contribution in [3.05, 3.63) is 118 Å². The number of fused-ring (bicyclic) bond motifs is 1. The van der Waals surface area contributed by atoms with Gasteiger partial charge in [-0.15, -0.1) is 0 Å². The van der Waals surface area contributed by atoms with Crippen molar-refractivity contribution in [2.45, 2.75) is 32.6 Å². The Morgan fingerprint density at radius 3 is 2.18 bits per heavy atom. The molecule has 4 rings (SSSR count). The van der Waals surface area contributed by atoms with Crippen molar-refractivity contribution in [2.24, 2.45) is 0 Å². The first kappa shape index (κ1) is 23.1. The standard InChI is InChI=1S/C29H24ClF3/c1-2-3-4-5-20-16-26(31)28(27(32)17-20)23-12-15-25-22(18-23)11-10-21(29(25)33)9-6-19-7-13-24(30)14-8-19/h2-3,7-8,10-18H,4-6,9H2,1H3/b3-2+. The summed E-state index contributed by atoms with van der Waals surface area (Å²) < 4.78 is 44.7. The molecule has 0 spiro atoms. The maximum absolute atomic E-state index is 15.2. The van der Waals surface area contributed by atoms with Gasteiger partial charge in [0, 0.05) is 10.4 Å². The smallest absolute Gasteiger partial charge is 0.134 e. The third kappa shape index (κ3) is 5.31. The van der Waals surface area contributed by atoms with E-state index in [1.54, 1.807) is 30.3 Å². The third-order valence-corrected chi connectivity index (χ3v) is 6.11. The van der Waals surface area contributed by atoms with Gasteiger partial charge in [0.15, 0.2) is 0 Å². The van der Waals surface area contributed by atoms with Crippen LogP contribution in [0.2, 0.25) is 5.02 Å². The van der Waals surface area contributed by atoms with Gasteiger partial charge in [0.25, 0.3) is 0 Å². The van der Waals surface area contributed by atoms with E-state index in [-0.39, 0.29) is 11.4 Å². The summed E-state index contributed by atoms with van der Waals surface area (Å²) in [5, 5.41) is 1.72. The van der Waals surface area contributed by atoms with Crippen molar-refractivity contribution in [1.82, 2.24) is 0 Å². The predicted octanol–water partition coefficient (Wildman–Crippen LogP) is 8.87. The molecule has 0 aliphatic heterocycles. The molecular formula is C29H24ClF3. The van der Waals surface area contributed by atoms with E-state index < -0.39 is 11.6 Å². The monoisotopic (exact) mass is 464 g/mol. The highest BCUT2D eigenvalue weighted by Crippen LogP contribution is 2.32. The fourth-order valence-electron chi connectivity index (χ4n) is 4.08. The second-order valence-electron chi connectivity index (χ2n) is 8.14. The molecule has 0 saturated heterocycles. The molecule has 0 radical (unpaired) electrons. The second kappa shape index (κ2) is 10.3. The molecule has 0 fully saturated rings. The van der Waals surface area contributed by atoms with Crippen LogP contribution in [0, 0.1) is 17.5 Å². The van der Waals surface area contributed by atoms with E-state index >= 15 is 4.39 Å². The molecule has 0 aliphatic carbocycles.